The Kier molecular flexibility index (Phi) is 4.57. The van der Waals surface area contributed by atoms with Gasteiger partial charge in [-0.15, -0.1) is 11.3 Å². The molecule has 0 atom stereocenters. The van der Waals surface area contributed by atoms with E-state index in [4.69, 9.17) is 9.84 Å². The van der Waals surface area contributed by atoms with Crippen molar-refractivity contribution in [3.63, 3.8) is 0 Å². The number of aryl methyl sites for hydroxylation is 2. The summed E-state index contributed by atoms with van der Waals surface area (Å²) in [6, 6.07) is 7.59. The molecule has 0 aliphatic heterocycles. The Morgan fingerprint density at radius 3 is 2.90 bits per heavy atom. The average molecular weight is 292 g/mol. The highest BCUT2D eigenvalue weighted by Crippen LogP contribution is 2.31. The Bertz CT molecular complexity index is 610. The molecule has 0 radical (unpaired) electrons. The van der Waals surface area contributed by atoms with Gasteiger partial charge in [0, 0.05) is 4.88 Å². The standard InChI is InChI=1S/C14H16N2O3S/c1-9-12(7-8-13(17)18)20-14(15-9)16-10-5-3-4-6-11(10)19-2/h3-6H,7-8H2,1-2H3,(H,15,16)(H,17,18). The van der Waals surface area contributed by atoms with Crippen LogP contribution in [0, 0.1) is 6.92 Å². The Labute approximate surface area is 121 Å². The van der Waals surface area contributed by atoms with Crippen LogP contribution in [0.15, 0.2) is 24.3 Å². The zero-order valence-electron chi connectivity index (χ0n) is 11.3. The average Bonchev–Trinajstić information content (AvgIpc) is 2.77. The molecular formula is C14H16N2O3S. The van der Waals surface area contributed by atoms with E-state index in [-0.39, 0.29) is 6.42 Å². The number of thiazole rings is 1. The second-order valence-corrected chi connectivity index (χ2v) is 5.33. The molecule has 1 aromatic heterocycles. The highest BCUT2D eigenvalue weighted by atomic mass is 32.1. The number of anilines is 2. The minimum Gasteiger partial charge on any atom is -0.495 e. The maximum atomic E-state index is 10.6. The van der Waals surface area contributed by atoms with Gasteiger partial charge in [-0.3, -0.25) is 4.79 Å². The summed E-state index contributed by atoms with van der Waals surface area (Å²) in [4.78, 5) is 16.0. The first-order valence-corrected chi connectivity index (χ1v) is 7.00. The summed E-state index contributed by atoms with van der Waals surface area (Å²) < 4.78 is 5.27. The minimum absolute atomic E-state index is 0.122. The lowest BCUT2D eigenvalue weighted by atomic mass is 10.2. The molecule has 0 spiro atoms. The van der Waals surface area contributed by atoms with Crippen molar-refractivity contribution in [1.82, 2.24) is 4.98 Å². The number of aliphatic carboxylic acids is 1. The second-order valence-electron chi connectivity index (χ2n) is 4.25. The second kappa shape index (κ2) is 6.38. The van der Waals surface area contributed by atoms with Crippen molar-refractivity contribution < 1.29 is 14.6 Å². The molecule has 6 heteroatoms. The normalized spacial score (nSPS) is 10.3. The maximum Gasteiger partial charge on any atom is 0.303 e. The number of nitrogens with zero attached hydrogens (tertiary/aromatic N) is 1. The number of benzene rings is 1. The molecule has 0 saturated heterocycles. The molecule has 0 fully saturated rings. The van der Waals surface area contributed by atoms with Crippen LogP contribution in [0.4, 0.5) is 10.8 Å². The number of para-hydroxylation sites is 2. The van der Waals surface area contributed by atoms with Gasteiger partial charge in [0.2, 0.25) is 0 Å². The Morgan fingerprint density at radius 2 is 2.20 bits per heavy atom. The molecule has 2 rings (SSSR count). The van der Waals surface area contributed by atoms with Crippen LogP contribution < -0.4 is 10.1 Å². The molecule has 2 aromatic rings. The van der Waals surface area contributed by atoms with Gasteiger partial charge in [0.25, 0.3) is 0 Å². The predicted molar refractivity (Wildman–Crippen MR) is 79.1 cm³/mol. The first-order chi connectivity index (χ1) is 9.60. The lowest BCUT2D eigenvalue weighted by Gasteiger charge is -2.07. The van der Waals surface area contributed by atoms with Crippen LogP contribution in [0.25, 0.3) is 0 Å². The lowest BCUT2D eigenvalue weighted by molar-refractivity contribution is -0.136. The molecule has 0 unspecified atom stereocenters. The van der Waals surface area contributed by atoms with E-state index in [0.717, 1.165) is 27.1 Å². The summed E-state index contributed by atoms with van der Waals surface area (Å²) >= 11 is 1.47. The monoisotopic (exact) mass is 292 g/mol. The van der Waals surface area contributed by atoms with E-state index in [2.05, 4.69) is 10.3 Å². The zero-order chi connectivity index (χ0) is 14.5. The molecule has 20 heavy (non-hydrogen) atoms. The van der Waals surface area contributed by atoms with Gasteiger partial charge in [0.05, 0.1) is 24.9 Å². The van der Waals surface area contributed by atoms with Crippen LogP contribution in [0.2, 0.25) is 0 Å². The van der Waals surface area contributed by atoms with E-state index in [0.29, 0.717) is 6.42 Å². The Morgan fingerprint density at radius 1 is 1.45 bits per heavy atom. The lowest BCUT2D eigenvalue weighted by Crippen LogP contribution is -1.96. The number of carboxylic acids is 1. The smallest absolute Gasteiger partial charge is 0.303 e. The van der Waals surface area contributed by atoms with Crippen molar-refractivity contribution in [2.24, 2.45) is 0 Å². The van der Waals surface area contributed by atoms with Crippen molar-refractivity contribution in [3.8, 4) is 5.75 Å². The topological polar surface area (TPSA) is 71.5 Å². The molecule has 0 saturated carbocycles. The van der Waals surface area contributed by atoms with Crippen molar-refractivity contribution in [2.45, 2.75) is 19.8 Å². The predicted octanol–water partition coefficient (Wildman–Crippen LogP) is 3.22. The molecule has 0 aliphatic rings. The van der Waals surface area contributed by atoms with Gasteiger partial charge in [-0.1, -0.05) is 12.1 Å². The van der Waals surface area contributed by atoms with Gasteiger partial charge >= 0.3 is 5.97 Å². The third kappa shape index (κ3) is 3.48. The molecule has 0 amide bonds. The molecule has 0 bridgehead atoms. The number of hydrogen-bond donors (Lipinski definition) is 2. The van der Waals surface area contributed by atoms with Gasteiger partial charge in [-0.2, -0.15) is 0 Å². The first-order valence-electron chi connectivity index (χ1n) is 6.18. The number of rotatable bonds is 6. The Balaban J connectivity index is 2.14. The Hall–Kier alpha value is -2.08. The SMILES string of the molecule is COc1ccccc1Nc1nc(C)c(CCC(=O)O)s1. The van der Waals surface area contributed by atoms with E-state index in [1.807, 2.05) is 31.2 Å². The van der Waals surface area contributed by atoms with Crippen LogP contribution in [-0.2, 0) is 11.2 Å². The number of ether oxygens (including phenoxy) is 1. The van der Waals surface area contributed by atoms with E-state index in [1.165, 1.54) is 11.3 Å². The summed E-state index contributed by atoms with van der Waals surface area (Å²) in [5, 5.41) is 12.7. The van der Waals surface area contributed by atoms with Crippen molar-refractivity contribution >= 4 is 28.1 Å². The fourth-order valence-corrected chi connectivity index (χ4v) is 2.77. The van der Waals surface area contributed by atoms with E-state index in [1.54, 1.807) is 7.11 Å². The summed E-state index contributed by atoms with van der Waals surface area (Å²) in [6.07, 6.45) is 0.629. The van der Waals surface area contributed by atoms with Gasteiger partial charge in [-0.05, 0) is 25.5 Å². The van der Waals surface area contributed by atoms with E-state index >= 15 is 0 Å². The molecule has 1 aromatic carbocycles. The van der Waals surface area contributed by atoms with Gasteiger partial charge < -0.3 is 15.2 Å². The van der Waals surface area contributed by atoms with E-state index in [9.17, 15) is 4.79 Å². The summed E-state index contributed by atoms with van der Waals surface area (Å²) in [6.45, 7) is 1.89. The number of hydrogen-bond acceptors (Lipinski definition) is 5. The third-order valence-corrected chi connectivity index (χ3v) is 3.94. The number of nitrogens with one attached hydrogen (secondary N) is 1. The van der Waals surface area contributed by atoms with Crippen molar-refractivity contribution in [1.29, 1.82) is 0 Å². The number of aromatic nitrogens is 1. The molecular weight excluding hydrogens is 276 g/mol. The largest absolute Gasteiger partial charge is 0.495 e. The van der Waals surface area contributed by atoms with Gasteiger partial charge in [-0.25, -0.2) is 4.98 Å². The molecule has 2 N–H and O–H groups in total. The summed E-state index contributed by atoms with van der Waals surface area (Å²) in [5.41, 5.74) is 1.71. The van der Waals surface area contributed by atoms with Crippen LogP contribution in [0.3, 0.4) is 0 Å². The van der Waals surface area contributed by atoms with Crippen LogP contribution in [0.1, 0.15) is 17.0 Å². The maximum absolute atomic E-state index is 10.6. The highest BCUT2D eigenvalue weighted by Gasteiger charge is 2.11. The first kappa shape index (κ1) is 14.3. The minimum atomic E-state index is -0.794. The molecule has 5 nitrogen and oxygen atoms in total. The number of carboxylic acid groups (broad SMARTS) is 1. The van der Waals surface area contributed by atoms with Crippen LogP contribution in [0.5, 0.6) is 5.75 Å². The van der Waals surface area contributed by atoms with Gasteiger partial charge in [0.15, 0.2) is 5.13 Å². The van der Waals surface area contributed by atoms with Crippen molar-refractivity contribution in [2.75, 3.05) is 12.4 Å². The number of methoxy groups -OCH3 is 1. The van der Waals surface area contributed by atoms with Crippen LogP contribution >= 0.6 is 11.3 Å². The highest BCUT2D eigenvalue weighted by molar-refractivity contribution is 7.15. The van der Waals surface area contributed by atoms with Crippen LogP contribution in [-0.4, -0.2) is 23.2 Å². The van der Waals surface area contributed by atoms with Crippen molar-refractivity contribution in [3.05, 3.63) is 34.8 Å². The molecule has 1 heterocycles. The zero-order valence-corrected chi connectivity index (χ0v) is 12.2. The fourth-order valence-electron chi connectivity index (χ4n) is 1.80. The fraction of sp³-hybridized carbons (Fsp3) is 0.286. The third-order valence-electron chi connectivity index (χ3n) is 2.81. The summed E-state index contributed by atoms with van der Waals surface area (Å²) in [5.74, 6) is -0.0514. The molecule has 0 aliphatic carbocycles. The number of carbonyl (C=O) groups is 1. The van der Waals surface area contributed by atoms with Gasteiger partial charge in [0.1, 0.15) is 5.75 Å². The molecule has 106 valence electrons. The van der Waals surface area contributed by atoms with E-state index < -0.39 is 5.97 Å². The summed E-state index contributed by atoms with van der Waals surface area (Å²) in [7, 11) is 1.62. The quantitative estimate of drug-likeness (QED) is 0.855.